The summed E-state index contributed by atoms with van der Waals surface area (Å²) < 4.78 is 10.4. The van der Waals surface area contributed by atoms with Crippen LogP contribution in [0.4, 0.5) is 0 Å². The van der Waals surface area contributed by atoms with E-state index in [1.54, 1.807) is 17.3 Å². The summed E-state index contributed by atoms with van der Waals surface area (Å²) in [6.45, 7) is 1.77. The Hall–Kier alpha value is -1.66. The minimum Gasteiger partial charge on any atom is -0.468 e. The lowest BCUT2D eigenvalue weighted by Gasteiger charge is -2.23. The Morgan fingerprint density at radius 2 is 2.36 bits per heavy atom. The second kappa shape index (κ2) is 6.62. The Morgan fingerprint density at radius 3 is 3.05 bits per heavy atom. The van der Waals surface area contributed by atoms with E-state index in [2.05, 4.69) is 4.98 Å². The molecule has 1 amide bonds. The summed E-state index contributed by atoms with van der Waals surface area (Å²) >= 11 is 0. The van der Waals surface area contributed by atoms with Gasteiger partial charge in [-0.1, -0.05) is 6.07 Å². The van der Waals surface area contributed by atoms with E-state index >= 15 is 0 Å². The van der Waals surface area contributed by atoms with E-state index in [1.165, 1.54) is 7.11 Å². The molecule has 1 aromatic heterocycles. The Bertz CT molecular complexity index is 554. The number of carbonyl (C=O) groups is 2. The maximum atomic E-state index is 12.4. The highest BCUT2D eigenvalue weighted by Gasteiger charge is 2.57. The molecule has 2 aliphatic rings. The van der Waals surface area contributed by atoms with Crippen LogP contribution in [0.25, 0.3) is 0 Å². The highest BCUT2D eigenvalue weighted by atomic mass is 35.5. The van der Waals surface area contributed by atoms with Gasteiger partial charge in [0.25, 0.3) is 0 Å². The van der Waals surface area contributed by atoms with Crippen molar-refractivity contribution in [2.45, 2.75) is 6.42 Å². The molecule has 6 nitrogen and oxygen atoms in total. The third-order valence-corrected chi connectivity index (χ3v) is 4.40. The average Bonchev–Trinajstić information content (AvgIpc) is 3.05. The van der Waals surface area contributed by atoms with Gasteiger partial charge in [-0.2, -0.15) is 0 Å². The number of carbonyl (C=O) groups excluding carboxylic acids is 2. The molecule has 0 bridgehead atoms. The number of hydrogen-bond acceptors (Lipinski definition) is 5. The lowest BCUT2D eigenvalue weighted by atomic mass is 9.81. The molecule has 7 heteroatoms. The molecule has 0 spiro atoms. The van der Waals surface area contributed by atoms with E-state index in [0.717, 1.165) is 5.56 Å². The Labute approximate surface area is 135 Å². The minimum atomic E-state index is -0.681. The molecule has 0 unspecified atom stereocenters. The standard InChI is InChI=1S/C15H18N2O4.ClH/c1-20-14(19)15-9-17(7-12(15)8-21-10-15)13(18)5-11-3-2-4-16-6-11;/h2-4,6,12H,5,7-10H2,1H3;1H/t12-,15-;/m0./s1. The number of aromatic nitrogens is 1. The van der Waals surface area contributed by atoms with Crippen LogP contribution in [0.1, 0.15) is 5.56 Å². The van der Waals surface area contributed by atoms with Crippen molar-refractivity contribution in [3.63, 3.8) is 0 Å². The summed E-state index contributed by atoms with van der Waals surface area (Å²) in [5, 5.41) is 0. The maximum Gasteiger partial charge on any atom is 0.316 e. The van der Waals surface area contributed by atoms with Crippen LogP contribution in [-0.2, 0) is 25.5 Å². The lowest BCUT2D eigenvalue weighted by Crippen LogP contribution is -2.41. The van der Waals surface area contributed by atoms with Gasteiger partial charge >= 0.3 is 5.97 Å². The smallest absolute Gasteiger partial charge is 0.316 e. The largest absolute Gasteiger partial charge is 0.468 e. The van der Waals surface area contributed by atoms with Crippen LogP contribution in [0.3, 0.4) is 0 Å². The van der Waals surface area contributed by atoms with Gasteiger partial charge in [-0.15, -0.1) is 12.4 Å². The molecule has 2 fully saturated rings. The highest BCUT2D eigenvalue weighted by Crippen LogP contribution is 2.42. The average molecular weight is 327 g/mol. The molecule has 22 heavy (non-hydrogen) atoms. The van der Waals surface area contributed by atoms with Gasteiger partial charge in [-0.05, 0) is 11.6 Å². The van der Waals surface area contributed by atoms with Crippen LogP contribution in [0.5, 0.6) is 0 Å². The third-order valence-electron chi connectivity index (χ3n) is 4.40. The molecule has 2 atom stereocenters. The van der Waals surface area contributed by atoms with E-state index in [9.17, 15) is 9.59 Å². The molecule has 0 saturated carbocycles. The minimum absolute atomic E-state index is 0. The summed E-state index contributed by atoms with van der Waals surface area (Å²) in [6, 6.07) is 3.69. The highest BCUT2D eigenvalue weighted by molar-refractivity contribution is 5.85. The summed E-state index contributed by atoms with van der Waals surface area (Å²) in [4.78, 5) is 30.3. The van der Waals surface area contributed by atoms with E-state index < -0.39 is 5.41 Å². The summed E-state index contributed by atoms with van der Waals surface area (Å²) in [5.74, 6) is -0.231. The van der Waals surface area contributed by atoms with Crippen molar-refractivity contribution >= 4 is 24.3 Å². The van der Waals surface area contributed by atoms with Gasteiger partial charge < -0.3 is 14.4 Å². The van der Waals surface area contributed by atoms with Crippen molar-refractivity contribution in [3.05, 3.63) is 30.1 Å². The van der Waals surface area contributed by atoms with Crippen molar-refractivity contribution in [3.8, 4) is 0 Å². The van der Waals surface area contributed by atoms with E-state index in [4.69, 9.17) is 9.47 Å². The Morgan fingerprint density at radius 1 is 1.55 bits per heavy atom. The summed E-state index contributed by atoms with van der Waals surface area (Å²) in [6.07, 6.45) is 3.67. The van der Waals surface area contributed by atoms with Gasteiger partial charge in [0.15, 0.2) is 0 Å². The first-order valence-corrected chi connectivity index (χ1v) is 6.98. The van der Waals surface area contributed by atoms with E-state index in [0.29, 0.717) is 32.7 Å². The number of methoxy groups -OCH3 is 1. The molecule has 0 aliphatic carbocycles. The van der Waals surface area contributed by atoms with Crippen LogP contribution in [-0.4, -0.2) is 55.2 Å². The van der Waals surface area contributed by atoms with Crippen molar-refractivity contribution in [2.75, 3.05) is 33.4 Å². The van der Waals surface area contributed by atoms with Gasteiger partial charge in [-0.25, -0.2) is 0 Å². The second-order valence-corrected chi connectivity index (χ2v) is 5.67. The molecule has 0 N–H and O–H groups in total. The van der Waals surface area contributed by atoms with Gasteiger partial charge in [0.05, 0.1) is 26.7 Å². The molecule has 3 heterocycles. The fourth-order valence-corrected chi connectivity index (χ4v) is 3.21. The van der Waals surface area contributed by atoms with E-state index in [-0.39, 0.29) is 30.2 Å². The Kier molecular flexibility index (Phi) is 5.03. The van der Waals surface area contributed by atoms with Gasteiger partial charge in [0.2, 0.25) is 5.91 Å². The SMILES string of the molecule is COC(=O)[C@@]12COC[C@@H]1CN(C(=O)Cc1cccnc1)C2.Cl. The van der Waals surface area contributed by atoms with Crippen molar-refractivity contribution in [1.82, 2.24) is 9.88 Å². The molecule has 0 aromatic carbocycles. The maximum absolute atomic E-state index is 12.4. The number of fused-ring (bicyclic) bond motifs is 1. The molecule has 3 rings (SSSR count). The monoisotopic (exact) mass is 326 g/mol. The van der Waals surface area contributed by atoms with Gasteiger partial charge in [0, 0.05) is 31.4 Å². The topological polar surface area (TPSA) is 68.7 Å². The van der Waals surface area contributed by atoms with Crippen molar-refractivity contribution in [2.24, 2.45) is 11.3 Å². The molecular formula is C15H19ClN2O4. The van der Waals surface area contributed by atoms with Crippen molar-refractivity contribution < 1.29 is 19.1 Å². The van der Waals surface area contributed by atoms with Crippen LogP contribution < -0.4 is 0 Å². The fraction of sp³-hybridized carbons (Fsp3) is 0.533. The lowest BCUT2D eigenvalue weighted by molar-refractivity contribution is -0.153. The number of pyridine rings is 1. The number of rotatable bonds is 3. The third kappa shape index (κ3) is 2.80. The number of likely N-dealkylation sites (tertiary alicyclic amines) is 1. The molecule has 1 aromatic rings. The second-order valence-electron chi connectivity index (χ2n) is 5.67. The first kappa shape index (κ1) is 16.7. The predicted molar refractivity (Wildman–Crippen MR) is 80.5 cm³/mol. The van der Waals surface area contributed by atoms with Gasteiger partial charge in [0.1, 0.15) is 5.41 Å². The summed E-state index contributed by atoms with van der Waals surface area (Å²) in [7, 11) is 1.38. The fourth-order valence-electron chi connectivity index (χ4n) is 3.21. The molecule has 0 radical (unpaired) electrons. The number of nitrogens with zero attached hydrogens (tertiary/aromatic N) is 2. The molecule has 2 aliphatic heterocycles. The molecular weight excluding hydrogens is 308 g/mol. The van der Waals surface area contributed by atoms with Crippen LogP contribution >= 0.6 is 12.4 Å². The zero-order valence-corrected chi connectivity index (χ0v) is 13.2. The zero-order valence-electron chi connectivity index (χ0n) is 12.4. The zero-order chi connectivity index (χ0) is 14.9. The number of amides is 1. The first-order valence-electron chi connectivity index (χ1n) is 6.98. The number of hydrogen-bond donors (Lipinski definition) is 0. The van der Waals surface area contributed by atoms with Gasteiger partial charge in [-0.3, -0.25) is 14.6 Å². The molecule has 2 saturated heterocycles. The number of halogens is 1. The predicted octanol–water partition coefficient (Wildman–Crippen LogP) is 0.694. The van der Waals surface area contributed by atoms with E-state index in [1.807, 2.05) is 12.1 Å². The summed E-state index contributed by atoms with van der Waals surface area (Å²) in [5.41, 5.74) is 0.197. The van der Waals surface area contributed by atoms with Crippen molar-refractivity contribution in [1.29, 1.82) is 0 Å². The first-order chi connectivity index (χ1) is 10.2. The normalized spacial score (nSPS) is 26.2. The number of esters is 1. The van der Waals surface area contributed by atoms with Crippen LogP contribution in [0, 0.1) is 11.3 Å². The quantitative estimate of drug-likeness (QED) is 0.765. The number of ether oxygens (including phenoxy) is 2. The van der Waals surface area contributed by atoms with Crippen LogP contribution in [0.2, 0.25) is 0 Å². The van der Waals surface area contributed by atoms with Crippen LogP contribution in [0.15, 0.2) is 24.5 Å². The molecule has 120 valence electrons. The Balaban J connectivity index is 0.00000176.